The Morgan fingerprint density at radius 1 is 0.785 bits per heavy atom. The number of Topliss-reactive ketones (excluding diaryl/α,β-unsaturated/α-hetero) is 3. The number of ketones is 3. The average molecular weight is 1300 g/mol. The molecular weight excluding hydrogens is 1220 g/mol. The zero-order chi connectivity index (χ0) is 67.0. The molecule has 4 aliphatic rings. The van der Waals surface area contributed by atoms with E-state index in [4.69, 9.17) is 10.5 Å². The van der Waals surface area contributed by atoms with Crippen LogP contribution >= 0.6 is 0 Å². The summed E-state index contributed by atoms with van der Waals surface area (Å²) in [7, 11) is -2.37. The minimum Gasteiger partial charge on any atom is -0.494 e. The van der Waals surface area contributed by atoms with Crippen LogP contribution in [0.2, 0.25) is 0 Å². The number of benzene rings is 3. The van der Waals surface area contributed by atoms with Crippen LogP contribution in [0.25, 0.3) is 10.9 Å². The summed E-state index contributed by atoms with van der Waals surface area (Å²) in [5.74, 6) is -5.58. The predicted octanol–water partition coefficient (Wildman–Crippen LogP) is 1.71. The number of rotatable bonds is 19. The number of para-hydroxylation sites is 1. The minimum absolute atomic E-state index is 0.000868. The van der Waals surface area contributed by atoms with Gasteiger partial charge >= 0.3 is 0 Å². The van der Waals surface area contributed by atoms with Gasteiger partial charge in [-0.05, 0) is 66.6 Å². The molecule has 1 aromatic heterocycles. The summed E-state index contributed by atoms with van der Waals surface area (Å²) >= 11 is 0. The summed E-state index contributed by atoms with van der Waals surface area (Å²) in [5, 5.41) is 45.0. The first-order valence-corrected chi connectivity index (χ1v) is 33.1. The first kappa shape index (κ1) is 70.2. The first-order chi connectivity index (χ1) is 44.5. The van der Waals surface area contributed by atoms with Crippen molar-refractivity contribution in [1.82, 2.24) is 36.5 Å². The van der Waals surface area contributed by atoms with Gasteiger partial charge < -0.3 is 67.2 Å². The number of nitrogens with one attached hydrogen (secondary N) is 6. The maximum atomic E-state index is 15.2. The van der Waals surface area contributed by atoms with Crippen molar-refractivity contribution in [2.75, 3.05) is 37.0 Å². The molecule has 0 aliphatic carbocycles. The largest absolute Gasteiger partial charge is 0.494 e. The zero-order valence-electron chi connectivity index (χ0n) is 52.5. The summed E-state index contributed by atoms with van der Waals surface area (Å²) in [6.45, 7) is 3.38. The fourth-order valence-electron chi connectivity index (χ4n) is 12.1. The lowest BCUT2D eigenvalue weighted by Gasteiger charge is -2.32. The molecule has 1 fully saturated rings. The van der Waals surface area contributed by atoms with Crippen molar-refractivity contribution in [1.29, 1.82) is 0 Å². The number of nitrogens with zero attached hydrogens (tertiary/aromatic N) is 2. The van der Waals surface area contributed by atoms with Gasteiger partial charge in [-0.1, -0.05) is 88.6 Å². The van der Waals surface area contributed by atoms with Gasteiger partial charge in [-0.3, -0.25) is 56.9 Å². The van der Waals surface area contributed by atoms with Crippen LogP contribution in [0.15, 0.2) is 71.8 Å². The van der Waals surface area contributed by atoms with Crippen LogP contribution in [0.5, 0.6) is 5.75 Å². The van der Waals surface area contributed by atoms with E-state index < -0.39 is 188 Å². The van der Waals surface area contributed by atoms with Crippen molar-refractivity contribution >= 4 is 92.0 Å². The molecule has 25 nitrogen and oxygen atoms in total. The van der Waals surface area contributed by atoms with Crippen LogP contribution < -0.4 is 42.0 Å². The summed E-state index contributed by atoms with van der Waals surface area (Å²) in [5.41, 5.74) is 9.33. The zero-order valence-corrected chi connectivity index (χ0v) is 53.3. The third-order valence-electron chi connectivity index (χ3n) is 17.7. The Labute approximate surface area is 541 Å². The highest BCUT2D eigenvalue weighted by molar-refractivity contribution is 7.85. The number of H-pyrrole nitrogens is 1. The number of hydrogen-bond acceptors (Lipinski definition) is 16. The number of amides is 8. The van der Waals surface area contributed by atoms with Crippen LogP contribution in [-0.4, -0.2) is 168 Å². The van der Waals surface area contributed by atoms with Crippen molar-refractivity contribution in [3.05, 3.63) is 89.0 Å². The van der Waals surface area contributed by atoms with Crippen molar-refractivity contribution in [3.63, 3.8) is 0 Å². The Balaban J connectivity index is 1.02. The molecule has 11 atom stereocenters. The number of primary amides is 1. The molecule has 5 heterocycles. The summed E-state index contributed by atoms with van der Waals surface area (Å²) in [6, 6.07) is 12.1. The van der Waals surface area contributed by atoms with E-state index in [1.807, 2.05) is 48.5 Å². The van der Waals surface area contributed by atoms with Gasteiger partial charge in [0.25, 0.3) is 0 Å². The SMILES string of the molecule is CC[C@@H](C)[C@@H]1NC(=O)CNC(=O)[C@H]2CC(=O)[C@H]([C@@H](C)[C@@H](O)CO)NC(=O)C3C[C@@H](O)CN3C(=O)[C@H](CC(N)=O)NC(=O)[C@@H](CS(=O)c3[nH]c4cc(OCCCCCCCC(=O)CCC(=O)N5Cc6ccccc6C#Cc6ccccc65)ccc4c3C2)NC(=O)CCC1=O. The molecule has 8 amide bonds. The maximum Gasteiger partial charge on any atom is 0.246 e. The topological polar surface area (TPSA) is 383 Å². The molecule has 498 valence electrons. The second-order valence-corrected chi connectivity index (χ2v) is 25.9. The smallest absolute Gasteiger partial charge is 0.246 e. The van der Waals surface area contributed by atoms with Crippen LogP contribution in [0.3, 0.4) is 0 Å². The number of nitrogens with two attached hydrogens (primary N) is 1. The third kappa shape index (κ3) is 18.4. The number of fused-ring (bicyclic) bond motifs is 7. The van der Waals surface area contributed by atoms with Gasteiger partial charge in [0.1, 0.15) is 34.7 Å². The fraction of sp³-hybridized carbons (Fsp3) is 0.507. The fourth-order valence-corrected chi connectivity index (χ4v) is 13.5. The molecule has 1 saturated heterocycles. The molecule has 0 saturated carbocycles. The normalized spacial score (nSPS) is 23.7. The van der Waals surface area contributed by atoms with Crippen molar-refractivity contribution < 1.29 is 77.0 Å². The average Bonchev–Trinajstić information content (AvgIpc) is 1.69. The second kappa shape index (κ2) is 32.8. The van der Waals surface area contributed by atoms with Gasteiger partial charge in [-0.25, -0.2) is 0 Å². The van der Waals surface area contributed by atoms with E-state index in [-0.39, 0.29) is 41.7 Å². The molecule has 11 N–H and O–H groups in total. The van der Waals surface area contributed by atoms with Gasteiger partial charge in [-0.2, -0.15) is 0 Å². The number of ether oxygens (including phenoxy) is 1. The van der Waals surface area contributed by atoms with Crippen molar-refractivity contribution in [2.24, 2.45) is 23.5 Å². The van der Waals surface area contributed by atoms with Crippen LogP contribution in [0, 0.1) is 29.6 Å². The predicted molar refractivity (Wildman–Crippen MR) is 341 cm³/mol. The minimum atomic E-state index is -2.37. The molecule has 26 heteroatoms. The standard InChI is InChI=1S/C67H83N9O16S/c1-4-38(2)61-54(80)24-25-58(84)70-51-37-93(91)66-48(28-43(63(87)69-33-59(85)73-61)29-55(81)62(39(3)56(82)36-77)74-65(89)53-30-45(79)35-76(53)67(90)50(32-57(68)83)71-64(51)88)47-23-22-46(31-49(47)72-66)92-27-13-7-5-6-8-17-44(78)21-26-60(86)75-34-42-16-10-9-14-40(42)19-20-41-15-11-12-18-52(41)75/h9-12,14-16,18,22-23,31,38-39,43,45,50-51,53,56,61-62,72,77,79,82H,4-8,13,17,21,24-30,32-37H2,1-3H3,(H2,68,83)(H,69,87)(H,70,84)(H,71,88)(H,73,85)(H,74,89)/t38-,39+,43-,45-,50+,51-,53?,56+,61+,62+,93?/m1/s1. The molecule has 3 aromatic carbocycles. The summed E-state index contributed by atoms with van der Waals surface area (Å²) in [4.78, 5) is 160. The van der Waals surface area contributed by atoms with E-state index in [9.17, 15) is 68.1 Å². The lowest BCUT2D eigenvalue weighted by Crippen LogP contribution is -2.59. The Kier molecular flexibility index (Phi) is 24.7. The lowest BCUT2D eigenvalue weighted by molar-refractivity contribution is -0.144. The second-order valence-electron chi connectivity index (χ2n) is 24.5. The Hall–Kier alpha value is -8.64. The number of hydrogen-bond donors (Lipinski definition) is 10. The number of aliphatic hydroxyl groups excluding tert-OH is 3. The Morgan fingerprint density at radius 2 is 1.51 bits per heavy atom. The molecule has 0 radical (unpaired) electrons. The van der Waals surface area contributed by atoms with E-state index >= 15 is 4.21 Å². The lowest BCUT2D eigenvalue weighted by atomic mass is 9.85. The number of anilines is 1. The van der Waals surface area contributed by atoms with Gasteiger partial charge in [0, 0.05) is 85.9 Å². The van der Waals surface area contributed by atoms with Crippen LogP contribution in [0.4, 0.5) is 5.69 Å². The van der Waals surface area contributed by atoms with E-state index in [2.05, 4.69) is 43.4 Å². The number of aromatic nitrogens is 1. The highest BCUT2D eigenvalue weighted by Gasteiger charge is 2.45. The molecular formula is C67H83N9O16S. The van der Waals surface area contributed by atoms with Gasteiger partial charge in [0.15, 0.2) is 11.6 Å². The monoisotopic (exact) mass is 1300 g/mol. The van der Waals surface area contributed by atoms with Crippen molar-refractivity contribution in [3.8, 4) is 17.6 Å². The third-order valence-corrected chi connectivity index (χ3v) is 19.2. The van der Waals surface area contributed by atoms with Crippen molar-refractivity contribution in [2.45, 2.75) is 171 Å². The first-order valence-electron chi connectivity index (χ1n) is 31.8. The number of carbonyl (C=O) groups excluding carboxylic acids is 11. The molecule has 4 aliphatic heterocycles. The highest BCUT2D eigenvalue weighted by atomic mass is 32.2. The quantitative estimate of drug-likeness (QED) is 0.0472. The van der Waals surface area contributed by atoms with E-state index in [0.717, 1.165) is 40.9 Å². The van der Waals surface area contributed by atoms with E-state index in [1.165, 1.54) is 6.92 Å². The van der Waals surface area contributed by atoms with Gasteiger partial charge in [0.2, 0.25) is 47.3 Å². The molecule has 93 heavy (non-hydrogen) atoms. The Morgan fingerprint density at radius 3 is 2.26 bits per heavy atom. The molecule has 8 rings (SSSR count). The van der Waals surface area contributed by atoms with Crippen LogP contribution in [-0.2, 0) is 76.5 Å². The molecule has 2 bridgehead atoms. The number of carbonyl (C=O) groups is 11. The number of aromatic amines is 1. The molecule has 4 aromatic rings. The summed E-state index contributed by atoms with van der Waals surface area (Å²) in [6.07, 6.45) is -1.82. The number of aliphatic hydroxyl groups is 3. The Bertz CT molecular complexity index is 3580. The summed E-state index contributed by atoms with van der Waals surface area (Å²) < 4.78 is 21.4. The number of unbranched alkanes of at least 4 members (excludes halogenated alkanes) is 4. The van der Waals surface area contributed by atoms with Crippen LogP contribution in [0.1, 0.15) is 133 Å². The van der Waals surface area contributed by atoms with Gasteiger partial charge in [0.05, 0.1) is 84.8 Å². The van der Waals surface area contributed by atoms with E-state index in [1.54, 1.807) is 36.9 Å². The van der Waals surface area contributed by atoms with E-state index in [0.29, 0.717) is 54.6 Å². The maximum absolute atomic E-state index is 15.2. The highest BCUT2D eigenvalue weighted by Crippen LogP contribution is 2.33. The molecule has 2 unspecified atom stereocenters. The molecule has 0 spiro atoms. The van der Waals surface area contributed by atoms with Gasteiger partial charge in [-0.15, -0.1) is 0 Å².